The van der Waals surface area contributed by atoms with E-state index in [-0.39, 0.29) is 29.3 Å². The largest absolute Gasteiger partial charge is 0.353 e. The van der Waals surface area contributed by atoms with Crippen LogP contribution in [0.15, 0.2) is 41.2 Å². The van der Waals surface area contributed by atoms with Crippen LogP contribution in [0.4, 0.5) is 0 Å². The number of amides is 1. The molecule has 2 aliphatic carbocycles. The lowest BCUT2D eigenvalue weighted by atomic mass is 9.81. The summed E-state index contributed by atoms with van der Waals surface area (Å²) in [5.74, 6) is 0.469. The smallest absolute Gasteiger partial charge is 0.258 e. The summed E-state index contributed by atoms with van der Waals surface area (Å²) in [5, 5.41) is 3.88. The Balaban J connectivity index is 1.58. The Bertz CT molecular complexity index is 894. The minimum atomic E-state index is -0.178. The van der Waals surface area contributed by atoms with Crippen molar-refractivity contribution in [1.29, 1.82) is 0 Å². The maximum absolute atomic E-state index is 13.0. The van der Waals surface area contributed by atoms with Gasteiger partial charge in [-0.3, -0.25) is 9.59 Å². The first-order valence-corrected chi connectivity index (χ1v) is 10.2. The fourth-order valence-corrected chi connectivity index (χ4v) is 4.42. The highest BCUT2D eigenvalue weighted by atomic mass is 16.2. The first-order chi connectivity index (χ1) is 13.2. The monoisotopic (exact) mass is 365 g/mol. The van der Waals surface area contributed by atoms with Crippen molar-refractivity contribution < 1.29 is 4.79 Å². The van der Waals surface area contributed by atoms with Gasteiger partial charge in [0.15, 0.2) is 0 Å². The third kappa shape index (κ3) is 3.97. The van der Waals surface area contributed by atoms with Gasteiger partial charge in [-0.2, -0.15) is 0 Å². The minimum Gasteiger partial charge on any atom is -0.353 e. The van der Waals surface area contributed by atoms with Crippen molar-refractivity contribution in [2.45, 2.75) is 63.3 Å². The van der Waals surface area contributed by atoms with Crippen LogP contribution in [0.1, 0.15) is 63.1 Å². The van der Waals surface area contributed by atoms with Crippen LogP contribution in [-0.2, 0) is 4.79 Å². The second-order valence-electron chi connectivity index (χ2n) is 7.82. The quantitative estimate of drug-likeness (QED) is 0.641. The van der Waals surface area contributed by atoms with Gasteiger partial charge >= 0.3 is 0 Å². The van der Waals surface area contributed by atoms with Gasteiger partial charge in [0, 0.05) is 12.0 Å². The maximum Gasteiger partial charge on any atom is 0.258 e. The Kier molecular flexibility index (Phi) is 5.37. The molecule has 1 heterocycles. The molecule has 142 valence electrons. The van der Waals surface area contributed by atoms with Crippen LogP contribution < -0.4 is 10.9 Å². The number of nitrogens with one attached hydrogen (secondary N) is 2. The normalized spacial score (nSPS) is 23.9. The number of aromatic amines is 1. The van der Waals surface area contributed by atoms with E-state index < -0.39 is 0 Å². The second-order valence-corrected chi connectivity index (χ2v) is 7.82. The average molecular weight is 365 g/mol. The molecular weight excluding hydrogens is 338 g/mol. The van der Waals surface area contributed by atoms with E-state index in [4.69, 9.17) is 0 Å². The first-order valence-electron chi connectivity index (χ1n) is 10.2. The highest BCUT2D eigenvalue weighted by Gasteiger charge is 2.33. The van der Waals surface area contributed by atoms with E-state index in [0.717, 1.165) is 19.3 Å². The van der Waals surface area contributed by atoms with Crippen molar-refractivity contribution in [2.24, 2.45) is 5.92 Å². The predicted molar refractivity (Wildman–Crippen MR) is 107 cm³/mol. The Morgan fingerprint density at radius 1 is 1.04 bits per heavy atom. The molecule has 2 aliphatic rings. The van der Waals surface area contributed by atoms with Gasteiger partial charge in [0.2, 0.25) is 5.91 Å². The second kappa shape index (κ2) is 8.07. The molecule has 0 unspecified atom stereocenters. The number of allylic oxidation sites excluding steroid dienone is 2. The van der Waals surface area contributed by atoms with Gasteiger partial charge in [-0.1, -0.05) is 50.0 Å². The lowest BCUT2D eigenvalue weighted by molar-refractivity contribution is -0.126. The minimum absolute atomic E-state index is 0.0851. The van der Waals surface area contributed by atoms with Gasteiger partial charge in [0.1, 0.15) is 5.82 Å². The number of fused-ring (bicyclic) bond motifs is 1. The molecule has 5 heteroatoms. The molecule has 27 heavy (non-hydrogen) atoms. The van der Waals surface area contributed by atoms with Gasteiger partial charge < -0.3 is 10.3 Å². The van der Waals surface area contributed by atoms with Gasteiger partial charge in [-0.25, -0.2) is 4.98 Å². The van der Waals surface area contributed by atoms with Crippen LogP contribution in [0.5, 0.6) is 0 Å². The summed E-state index contributed by atoms with van der Waals surface area (Å²) in [6.45, 7) is 0. The van der Waals surface area contributed by atoms with Crippen LogP contribution in [-0.4, -0.2) is 21.9 Å². The number of hydrogen-bond acceptors (Lipinski definition) is 3. The molecule has 0 radical (unpaired) electrons. The number of aromatic nitrogens is 2. The summed E-state index contributed by atoms with van der Waals surface area (Å²) in [6, 6.07) is 7.64. The Hall–Kier alpha value is -2.43. The number of rotatable bonds is 3. The molecule has 1 saturated carbocycles. The zero-order valence-corrected chi connectivity index (χ0v) is 15.6. The highest BCUT2D eigenvalue weighted by Crippen LogP contribution is 2.33. The molecule has 0 aliphatic heterocycles. The molecule has 2 aromatic rings. The molecular formula is C22H27N3O2. The number of carbonyl (C=O) groups excluding carboxylic acids is 1. The lowest BCUT2D eigenvalue weighted by Crippen LogP contribution is -2.41. The van der Waals surface area contributed by atoms with Crippen LogP contribution >= 0.6 is 0 Å². The van der Waals surface area contributed by atoms with E-state index in [1.54, 1.807) is 6.07 Å². The standard InChI is InChI=1S/C22H27N3O2/c26-21(23-15-9-3-1-2-4-10-15)17-12-6-5-11-16(17)20-24-19-14-8-7-13-18(19)22(27)25-20/h5-8,13-17H,1-4,9-12H2,(H,23,26)(H,24,25,27)/t16-,17-/m1/s1. The number of benzene rings is 1. The molecule has 2 atom stereocenters. The number of carbonyl (C=O) groups is 1. The fourth-order valence-electron chi connectivity index (χ4n) is 4.42. The van der Waals surface area contributed by atoms with Gasteiger partial charge in [0.25, 0.3) is 5.56 Å². The number of hydrogen-bond donors (Lipinski definition) is 2. The molecule has 0 spiro atoms. The number of H-pyrrole nitrogens is 1. The molecule has 1 aromatic carbocycles. The SMILES string of the molecule is O=C(NC1CCCCCC1)[C@@H]1CC=CC[C@H]1c1nc2ccccc2c(=O)[nH]1. The number of para-hydroxylation sites is 1. The van der Waals surface area contributed by atoms with Gasteiger partial charge in [0.05, 0.1) is 16.8 Å². The van der Waals surface area contributed by atoms with Crippen molar-refractivity contribution in [3.8, 4) is 0 Å². The van der Waals surface area contributed by atoms with E-state index in [9.17, 15) is 9.59 Å². The molecule has 1 amide bonds. The fraction of sp³-hybridized carbons (Fsp3) is 0.500. The average Bonchev–Trinajstić information content (AvgIpc) is 2.96. The third-order valence-electron chi connectivity index (χ3n) is 5.95. The topological polar surface area (TPSA) is 74.8 Å². The summed E-state index contributed by atoms with van der Waals surface area (Å²) in [4.78, 5) is 33.1. The number of nitrogens with zero attached hydrogens (tertiary/aromatic N) is 1. The van der Waals surface area contributed by atoms with E-state index in [1.165, 1.54) is 25.7 Å². The van der Waals surface area contributed by atoms with Gasteiger partial charge in [-0.05, 0) is 37.8 Å². The van der Waals surface area contributed by atoms with E-state index in [1.807, 2.05) is 18.2 Å². The van der Waals surface area contributed by atoms with Crippen molar-refractivity contribution in [3.63, 3.8) is 0 Å². The first kappa shape index (κ1) is 18.0. The summed E-state index contributed by atoms with van der Waals surface area (Å²) < 4.78 is 0. The molecule has 5 nitrogen and oxygen atoms in total. The van der Waals surface area contributed by atoms with Crippen LogP contribution in [0.3, 0.4) is 0 Å². The van der Waals surface area contributed by atoms with E-state index >= 15 is 0 Å². The predicted octanol–water partition coefficient (Wildman–Crippen LogP) is 3.81. The third-order valence-corrected chi connectivity index (χ3v) is 5.95. The highest BCUT2D eigenvalue weighted by molar-refractivity contribution is 5.81. The Morgan fingerprint density at radius 3 is 2.59 bits per heavy atom. The zero-order valence-electron chi connectivity index (χ0n) is 15.6. The van der Waals surface area contributed by atoms with E-state index in [2.05, 4.69) is 27.4 Å². The van der Waals surface area contributed by atoms with Crippen LogP contribution in [0, 0.1) is 5.92 Å². The molecule has 1 fully saturated rings. The van der Waals surface area contributed by atoms with Crippen LogP contribution in [0.25, 0.3) is 10.9 Å². The van der Waals surface area contributed by atoms with Gasteiger partial charge in [-0.15, -0.1) is 0 Å². The molecule has 0 saturated heterocycles. The Labute approximate surface area is 159 Å². The van der Waals surface area contributed by atoms with Crippen molar-refractivity contribution in [1.82, 2.24) is 15.3 Å². The van der Waals surface area contributed by atoms with Crippen molar-refractivity contribution in [2.75, 3.05) is 0 Å². The van der Waals surface area contributed by atoms with E-state index in [0.29, 0.717) is 23.1 Å². The molecule has 0 bridgehead atoms. The van der Waals surface area contributed by atoms with Crippen molar-refractivity contribution in [3.05, 3.63) is 52.6 Å². The summed E-state index contributed by atoms with van der Waals surface area (Å²) in [7, 11) is 0. The molecule has 1 aromatic heterocycles. The molecule has 4 rings (SSSR count). The Morgan fingerprint density at radius 2 is 1.78 bits per heavy atom. The lowest BCUT2D eigenvalue weighted by Gasteiger charge is -2.29. The van der Waals surface area contributed by atoms with Crippen LogP contribution in [0.2, 0.25) is 0 Å². The summed E-state index contributed by atoms with van der Waals surface area (Å²) >= 11 is 0. The zero-order chi connectivity index (χ0) is 18.6. The summed E-state index contributed by atoms with van der Waals surface area (Å²) in [6.07, 6.45) is 12.7. The maximum atomic E-state index is 13.0. The van der Waals surface area contributed by atoms with Crippen molar-refractivity contribution >= 4 is 16.8 Å². The summed E-state index contributed by atoms with van der Waals surface area (Å²) in [5.41, 5.74) is 0.557. The molecule has 2 N–H and O–H groups in total.